The quantitative estimate of drug-likeness (QED) is 0.915. The second-order valence-electron chi connectivity index (χ2n) is 4.16. The van der Waals surface area contributed by atoms with E-state index in [1.807, 2.05) is 4.68 Å². The summed E-state index contributed by atoms with van der Waals surface area (Å²) < 4.78 is 8.70. The summed E-state index contributed by atoms with van der Waals surface area (Å²) in [6.45, 7) is 5.40. The van der Waals surface area contributed by atoms with Gasteiger partial charge in [-0.3, -0.25) is 4.68 Å². The van der Waals surface area contributed by atoms with Crippen molar-refractivity contribution in [3.8, 4) is 11.5 Å². The number of hydrogen-bond acceptors (Lipinski definition) is 3. The summed E-state index contributed by atoms with van der Waals surface area (Å²) in [4.78, 5) is 0. The Balaban J connectivity index is 2.14. The van der Waals surface area contributed by atoms with E-state index in [0.717, 1.165) is 34.6 Å². The van der Waals surface area contributed by atoms with Gasteiger partial charge in [-0.25, -0.2) is 0 Å². The van der Waals surface area contributed by atoms with E-state index < -0.39 is 0 Å². The van der Waals surface area contributed by atoms with E-state index in [-0.39, 0.29) is 5.75 Å². The average Bonchev–Trinajstić information content (AvgIpc) is 2.74. The van der Waals surface area contributed by atoms with Crippen molar-refractivity contribution in [1.29, 1.82) is 0 Å². The SMILES string of the molecule is CCc1nn(CC)c(COc2ccc(O)cc2)c1Br. The van der Waals surface area contributed by atoms with Crippen LogP contribution in [-0.2, 0) is 19.6 Å². The lowest BCUT2D eigenvalue weighted by Crippen LogP contribution is -2.06. The predicted molar refractivity (Wildman–Crippen MR) is 77.4 cm³/mol. The molecule has 0 saturated heterocycles. The molecule has 5 heteroatoms. The molecule has 0 bridgehead atoms. The molecule has 4 nitrogen and oxygen atoms in total. The van der Waals surface area contributed by atoms with Crippen LogP contribution in [0.1, 0.15) is 25.2 Å². The second-order valence-corrected chi connectivity index (χ2v) is 4.95. The number of rotatable bonds is 5. The Kier molecular flexibility index (Phi) is 4.47. The maximum Gasteiger partial charge on any atom is 0.131 e. The predicted octanol–water partition coefficient (Wildman–Crippen LogP) is 3.51. The van der Waals surface area contributed by atoms with E-state index in [2.05, 4.69) is 34.9 Å². The number of aromatic nitrogens is 2. The third-order valence-corrected chi connectivity index (χ3v) is 3.82. The molecule has 0 unspecified atom stereocenters. The molecule has 0 amide bonds. The molecule has 0 aliphatic heterocycles. The van der Waals surface area contributed by atoms with Crippen LogP contribution < -0.4 is 4.74 Å². The Morgan fingerprint density at radius 1 is 1.26 bits per heavy atom. The van der Waals surface area contributed by atoms with E-state index >= 15 is 0 Å². The fourth-order valence-corrected chi connectivity index (χ4v) is 2.53. The van der Waals surface area contributed by atoms with Crippen molar-refractivity contribution in [3.05, 3.63) is 40.1 Å². The third kappa shape index (κ3) is 3.10. The Hall–Kier alpha value is -1.49. The monoisotopic (exact) mass is 324 g/mol. The summed E-state index contributed by atoms with van der Waals surface area (Å²) in [7, 11) is 0. The van der Waals surface area contributed by atoms with Gasteiger partial charge in [-0.15, -0.1) is 0 Å². The van der Waals surface area contributed by atoms with Crippen LogP contribution in [0, 0.1) is 0 Å². The zero-order chi connectivity index (χ0) is 13.8. The van der Waals surface area contributed by atoms with Gasteiger partial charge in [0.2, 0.25) is 0 Å². The first-order valence-corrected chi connectivity index (χ1v) is 7.10. The molecule has 2 rings (SSSR count). The summed E-state index contributed by atoms with van der Waals surface area (Å²) in [6.07, 6.45) is 0.889. The number of aromatic hydroxyl groups is 1. The molecule has 0 atom stereocenters. The van der Waals surface area contributed by atoms with Crippen LogP contribution >= 0.6 is 15.9 Å². The summed E-state index contributed by atoms with van der Waals surface area (Å²) in [5.41, 5.74) is 2.08. The van der Waals surface area contributed by atoms with Gasteiger partial charge in [-0.1, -0.05) is 6.92 Å². The fourth-order valence-electron chi connectivity index (χ4n) is 1.85. The van der Waals surface area contributed by atoms with Crippen molar-refractivity contribution < 1.29 is 9.84 Å². The normalized spacial score (nSPS) is 10.7. The van der Waals surface area contributed by atoms with Crippen LogP contribution in [0.4, 0.5) is 0 Å². The highest BCUT2D eigenvalue weighted by atomic mass is 79.9. The van der Waals surface area contributed by atoms with Crippen molar-refractivity contribution in [1.82, 2.24) is 9.78 Å². The highest BCUT2D eigenvalue weighted by Gasteiger charge is 2.14. The first-order chi connectivity index (χ1) is 9.15. The molecule has 1 N–H and O–H groups in total. The van der Waals surface area contributed by atoms with Gasteiger partial charge in [0.25, 0.3) is 0 Å². The van der Waals surface area contributed by atoms with E-state index in [1.54, 1.807) is 24.3 Å². The molecule has 1 aromatic carbocycles. The lowest BCUT2D eigenvalue weighted by atomic mass is 10.3. The van der Waals surface area contributed by atoms with Crippen LogP contribution in [0.3, 0.4) is 0 Å². The van der Waals surface area contributed by atoms with Crippen LogP contribution in [0.5, 0.6) is 11.5 Å². The minimum atomic E-state index is 0.236. The fraction of sp³-hybridized carbons (Fsp3) is 0.357. The molecule has 0 spiro atoms. The first-order valence-electron chi connectivity index (χ1n) is 6.31. The number of halogens is 1. The van der Waals surface area contributed by atoms with Crippen LogP contribution in [0.25, 0.3) is 0 Å². The Labute approximate surface area is 121 Å². The number of benzene rings is 1. The van der Waals surface area contributed by atoms with Gasteiger partial charge in [0, 0.05) is 6.54 Å². The zero-order valence-electron chi connectivity index (χ0n) is 11.1. The third-order valence-electron chi connectivity index (χ3n) is 2.91. The van der Waals surface area contributed by atoms with Crippen molar-refractivity contribution in [2.24, 2.45) is 0 Å². The molecular formula is C14H17BrN2O2. The Bertz CT molecular complexity index is 549. The van der Waals surface area contributed by atoms with Crippen molar-refractivity contribution in [2.75, 3.05) is 0 Å². The lowest BCUT2D eigenvalue weighted by Gasteiger charge is -2.08. The largest absolute Gasteiger partial charge is 0.508 e. The Morgan fingerprint density at radius 3 is 2.53 bits per heavy atom. The number of nitrogens with zero attached hydrogens (tertiary/aromatic N) is 2. The summed E-state index contributed by atoms with van der Waals surface area (Å²) in [5, 5.41) is 13.7. The van der Waals surface area contributed by atoms with Crippen LogP contribution in [0.15, 0.2) is 28.7 Å². The minimum Gasteiger partial charge on any atom is -0.508 e. The zero-order valence-corrected chi connectivity index (χ0v) is 12.6. The van der Waals surface area contributed by atoms with Crippen molar-refractivity contribution >= 4 is 15.9 Å². The molecule has 1 heterocycles. The van der Waals surface area contributed by atoms with E-state index in [0.29, 0.717) is 6.61 Å². The molecule has 19 heavy (non-hydrogen) atoms. The van der Waals surface area contributed by atoms with Gasteiger partial charge in [0.1, 0.15) is 18.1 Å². The number of aryl methyl sites for hydroxylation is 2. The van der Waals surface area contributed by atoms with Crippen LogP contribution in [-0.4, -0.2) is 14.9 Å². The van der Waals surface area contributed by atoms with E-state index in [9.17, 15) is 5.11 Å². The second kappa shape index (κ2) is 6.10. The maximum atomic E-state index is 9.23. The summed E-state index contributed by atoms with van der Waals surface area (Å²) in [6, 6.07) is 6.71. The topological polar surface area (TPSA) is 47.3 Å². The van der Waals surface area contributed by atoms with Gasteiger partial charge in [0.05, 0.1) is 15.9 Å². The summed E-state index contributed by atoms with van der Waals surface area (Å²) in [5.74, 6) is 0.965. The smallest absolute Gasteiger partial charge is 0.131 e. The number of hydrogen-bond donors (Lipinski definition) is 1. The van der Waals surface area contributed by atoms with Crippen molar-refractivity contribution in [3.63, 3.8) is 0 Å². The van der Waals surface area contributed by atoms with E-state index in [4.69, 9.17) is 4.74 Å². The molecule has 2 aromatic rings. The van der Waals surface area contributed by atoms with E-state index in [1.165, 1.54) is 0 Å². The number of phenols is 1. The molecule has 0 aliphatic carbocycles. The van der Waals surface area contributed by atoms with Gasteiger partial charge < -0.3 is 9.84 Å². The van der Waals surface area contributed by atoms with Gasteiger partial charge in [0.15, 0.2) is 0 Å². The number of phenolic OH excluding ortho intramolecular Hbond substituents is 1. The average molecular weight is 325 g/mol. The van der Waals surface area contributed by atoms with Crippen molar-refractivity contribution in [2.45, 2.75) is 33.4 Å². The number of ether oxygens (including phenoxy) is 1. The molecule has 1 aromatic heterocycles. The molecule has 0 fully saturated rings. The van der Waals surface area contributed by atoms with Gasteiger partial charge in [-0.2, -0.15) is 5.10 Å². The molecule has 0 aliphatic rings. The highest BCUT2D eigenvalue weighted by Crippen LogP contribution is 2.24. The molecule has 0 saturated carbocycles. The lowest BCUT2D eigenvalue weighted by molar-refractivity contribution is 0.291. The first kappa shape index (κ1) is 13.9. The molecular weight excluding hydrogens is 308 g/mol. The Morgan fingerprint density at radius 2 is 1.95 bits per heavy atom. The minimum absolute atomic E-state index is 0.236. The van der Waals surface area contributed by atoms with Crippen LogP contribution in [0.2, 0.25) is 0 Å². The molecule has 0 radical (unpaired) electrons. The van der Waals surface area contributed by atoms with Gasteiger partial charge in [-0.05, 0) is 53.5 Å². The molecule has 102 valence electrons. The van der Waals surface area contributed by atoms with Gasteiger partial charge >= 0.3 is 0 Å². The standard InChI is InChI=1S/C14H17BrN2O2/c1-3-12-14(15)13(17(4-2)16-12)9-19-11-7-5-10(18)6-8-11/h5-8,18H,3-4,9H2,1-2H3. The highest BCUT2D eigenvalue weighted by molar-refractivity contribution is 9.10. The summed E-state index contributed by atoms with van der Waals surface area (Å²) >= 11 is 3.58. The maximum absolute atomic E-state index is 9.23.